The summed E-state index contributed by atoms with van der Waals surface area (Å²) >= 11 is -0.229. The fraction of sp³-hybridized carbons (Fsp3) is 0.143. The van der Waals surface area contributed by atoms with E-state index in [0.717, 1.165) is 24.3 Å². The molecule has 1 radical (unpaired) electrons. The van der Waals surface area contributed by atoms with E-state index in [0.29, 0.717) is 0 Å². The van der Waals surface area contributed by atoms with Crippen LogP contribution in [0.5, 0.6) is 5.75 Å². The van der Waals surface area contributed by atoms with Crippen molar-refractivity contribution in [1.29, 1.82) is 0 Å². The van der Waals surface area contributed by atoms with Crippen molar-refractivity contribution in [1.82, 2.24) is 0 Å². The van der Waals surface area contributed by atoms with Crippen molar-refractivity contribution in [3.63, 3.8) is 0 Å². The van der Waals surface area contributed by atoms with Crippen molar-refractivity contribution < 1.29 is 18.3 Å². The van der Waals surface area contributed by atoms with Crippen molar-refractivity contribution in [3.8, 4) is 5.75 Å². The molecular weight excluding hydrogens is 189 g/mol. The van der Waals surface area contributed by atoms with E-state index in [1.807, 2.05) is 0 Å². The van der Waals surface area contributed by atoms with Crippen LogP contribution in [-0.2, 0) is 5.11 Å². The van der Waals surface area contributed by atoms with E-state index in [2.05, 4.69) is 0 Å². The first-order valence-corrected chi connectivity index (χ1v) is 3.82. The van der Waals surface area contributed by atoms with Crippen LogP contribution in [-0.4, -0.2) is 5.51 Å². The first kappa shape index (κ1) is 9.25. The van der Waals surface area contributed by atoms with Gasteiger partial charge in [0, 0.05) is 4.90 Å². The van der Waals surface area contributed by atoms with Crippen LogP contribution in [0.15, 0.2) is 29.2 Å². The Labute approximate surface area is 71.2 Å². The fourth-order valence-corrected chi connectivity index (χ4v) is 1.18. The Hall–Kier alpha value is -0.840. The van der Waals surface area contributed by atoms with Crippen LogP contribution in [0.3, 0.4) is 0 Å². The van der Waals surface area contributed by atoms with E-state index in [1.54, 1.807) is 0 Å². The molecule has 65 valence electrons. The minimum Gasteiger partial charge on any atom is -0.290 e. The Morgan fingerprint density at radius 3 is 2.00 bits per heavy atom. The fourth-order valence-electron chi connectivity index (χ4n) is 0.641. The molecule has 0 saturated heterocycles. The molecule has 1 nitrogen and oxygen atoms in total. The number of rotatable bonds is 1. The van der Waals surface area contributed by atoms with Gasteiger partial charge >= 0.3 is 5.51 Å². The number of benzene rings is 1. The zero-order chi connectivity index (χ0) is 9.19. The molecule has 1 aromatic rings. The molecule has 1 rings (SSSR count). The Balaban J connectivity index is 2.71. The maximum absolute atomic E-state index is 11.7. The second-order valence-corrected chi connectivity index (χ2v) is 3.16. The van der Waals surface area contributed by atoms with Crippen molar-refractivity contribution in [2.24, 2.45) is 0 Å². The largest absolute Gasteiger partial charge is 0.446 e. The summed E-state index contributed by atoms with van der Waals surface area (Å²) in [6.07, 6.45) is 0. The molecule has 0 aromatic heterocycles. The minimum absolute atomic E-state index is 0.0297. The SMILES string of the molecule is [O]c1ccc(SC(F)(F)F)cc1. The van der Waals surface area contributed by atoms with Gasteiger partial charge in [0.05, 0.1) is 0 Å². The Kier molecular flexibility index (Phi) is 2.52. The maximum atomic E-state index is 11.7. The second-order valence-electron chi connectivity index (χ2n) is 2.02. The number of halogens is 3. The molecule has 0 fully saturated rings. The maximum Gasteiger partial charge on any atom is 0.446 e. The number of alkyl halides is 3. The van der Waals surface area contributed by atoms with E-state index in [4.69, 9.17) is 0 Å². The van der Waals surface area contributed by atoms with Crippen LogP contribution >= 0.6 is 11.8 Å². The highest BCUT2D eigenvalue weighted by atomic mass is 32.2. The zero-order valence-electron chi connectivity index (χ0n) is 5.76. The predicted molar refractivity (Wildman–Crippen MR) is 38.5 cm³/mol. The quantitative estimate of drug-likeness (QED) is 0.625. The van der Waals surface area contributed by atoms with E-state index >= 15 is 0 Å². The average Bonchev–Trinajstić information content (AvgIpc) is 1.91. The topological polar surface area (TPSA) is 19.9 Å². The Morgan fingerprint density at radius 2 is 1.58 bits per heavy atom. The smallest absolute Gasteiger partial charge is 0.290 e. The summed E-state index contributed by atoms with van der Waals surface area (Å²) in [5.41, 5.74) is -4.29. The third-order valence-corrected chi connectivity index (χ3v) is 1.80. The summed E-state index contributed by atoms with van der Waals surface area (Å²) in [5.74, 6) is -0.290. The van der Waals surface area contributed by atoms with E-state index in [9.17, 15) is 18.3 Å². The molecule has 0 spiro atoms. The lowest BCUT2D eigenvalue weighted by atomic mass is 10.3. The highest BCUT2D eigenvalue weighted by molar-refractivity contribution is 8.00. The van der Waals surface area contributed by atoms with Crippen LogP contribution in [0.4, 0.5) is 13.2 Å². The van der Waals surface area contributed by atoms with E-state index in [1.165, 1.54) is 0 Å². The van der Waals surface area contributed by atoms with Gasteiger partial charge in [0.2, 0.25) is 0 Å². The normalized spacial score (nSPS) is 11.6. The molecule has 5 heteroatoms. The number of hydrogen-bond acceptors (Lipinski definition) is 1. The van der Waals surface area contributed by atoms with Gasteiger partial charge in [-0.15, -0.1) is 0 Å². The van der Waals surface area contributed by atoms with Crippen molar-refractivity contribution in [3.05, 3.63) is 24.3 Å². The summed E-state index contributed by atoms with van der Waals surface area (Å²) in [6.45, 7) is 0. The molecule has 0 aliphatic carbocycles. The molecular formula is C7H4F3OS. The average molecular weight is 193 g/mol. The van der Waals surface area contributed by atoms with Crippen LogP contribution < -0.4 is 0 Å². The Bertz CT molecular complexity index is 254. The van der Waals surface area contributed by atoms with Crippen LogP contribution in [0.2, 0.25) is 0 Å². The minimum atomic E-state index is -4.29. The van der Waals surface area contributed by atoms with Crippen molar-refractivity contribution in [2.75, 3.05) is 0 Å². The molecule has 0 saturated carbocycles. The second kappa shape index (κ2) is 3.26. The molecule has 0 aliphatic heterocycles. The lowest BCUT2D eigenvalue weighted by Crippen LogP contribution is -1.98. The summed E-state index contributed by atoms with van der Waals surface area (Å²) in [5, 5.41) is 10.5. The molecule has 1 aromatic carbocycles. The van der Waals surface area contributed by atoms with Crippen LogP contribution in [0, 0.1) is 0 Å². The number of hydrogen-bond donors (Lipinski definition) is 0. The summed E-state index contributed by atoms with van der Waals surface area (Å²) in [7, 11) is 0. The van der Waals surface area contributed by atoms with Crippen LogP contribution in [0.1, 0.15) is 0 Å². The molecule has 0 amide bonds. The molecule has 0 heterocycles. The van der Waals surface area contributed by atoms with Gasteiger partial charge in [0.25, 0.3) is 0 Å². The highest BCUT2D eigenvalue weighted by Gasteiger charge is 2.28. The van der Waals surface area contributed by atoms with Crippen molar-refractivity contribution >= 4 is 11.8 Å². The van der Waals surface area contributed by atoms with Crippen LogP contribution in [0.25, 0.3) is 0 Å². The summed E-state index contributed by atoms with van der Waals surface area (Å²) in [6, 6.07) is 4.52. The van der Waals surface area contributed by atoms with Crippen molar-refractivity contribution in [2.45, 2.75) is 10.4 Å². The predicted octanol–water partition coefficient (Wildman–Crippen LogP) is 3.44. The molecule has 0 N–H and O–H groups in total. The van der Waals surface area contributed by atoms with Gasteiger partial charge in [-0.25, -0.2) is 0 Å². The third-order valence-electron chi connectivity index (χ3n) is 1.06. The summed E-state index contributed by atoms with van der Waals surface area (Å²) < 4.78 is 35.2. The van der Waals surface area contributed by atoms with Gasteiger partial charge in [-0.1, -0.05) is 0 Å². The zero-order valence-corrected chi connectivity index (χ0v) is 6.58. The van der Waals surface area contributed by atoms with E-state index < -0.39 is 5.51 Å². The van der Waals surface area contributed by atoms with Gasteiger partial charge in [-0.3, -0.25) is 5.11 Å². The van der Waals surface area contributed by atoms with Gasteiger partial charge in [-0.05, 0) is 36.0 Å². The summed E-state index contributed by atoms with van der Waals surface area (Å²) in [4.78, 5) is 0.0297. The lowest BCUT2D eigenvalue weighted by molar-refractivity contribution is -0.0328. The molecule has 0 atom stereocenters. The van der Waals surface area contributed by atoms with Gasteiger partial charge in [0.1, 0.15) is 0 Å². The first-order chi connectivity index (χ1) is 5.47. The lowest BCUT2D eigenvalue weighted by Gasteiger charge is -2.03. The van der Waals surface area contributed by atoms with Gasteiger partial charge in [-0.2, -0.15) is 13.2 Å². The number of thioether (sulfide) groups is 1. The molecule has 0 unspecified atom stereocenters. The van der Waals surface area contributed by atoms with E-state index in [-0.39, 0.29) is 22.4 Å². The third kappa shape index (κ3) is 3.04. The monoisotopic (exact) mass is 193 g/mol. The molecule has 12 heavy (non-hydrogen) atoms. The van der Waals surface area contributed by atoms with Gasteiger partial charge < -0.3 is 0 Å². The Morgan fingerprint density at radius 1 is 1.08 bits per heavy atom. The standard InChI is InChI=1S/C7H4F3OS/c8-7(9,10)12-6-3-1-5(11)2-4-6/h1-4H. The first-order valence-electron chi connectivity index (χ1n) is 3.00. The molecule has 0 aliphatic rings. The highest BCUT2D eigenvalue weighted by Crippen LogP contribution is 2.37. The van der Waals surface area contributed by atoms with Gasteiger partial charge in [0.15, 0.2) is 5.75 Å². The molecule has 0 bridgehead atoms.